The Morgan fingerprint density at radius 1 is 1.13 bits per heavy atom. The molecule has 0 aliphatic heterocycles. The van der Waals surface area contributed by atoms with Crippen molar-refractivity contribution in [3.63, 3.8) is 0 Å². The van der Waals surface area contributed by atoms with Gasteiger partial charge in [0, 0.05) is 18.9 Å². The van der Waals surface area contributed by atoms with Crippen LogP contribution in [0.3, 0.4) is 0 Å². The Morgan fingerprint density at radius 2 is 1.79 bits per heavy atom. The van der Waals surface area contributed by atoms with Gasteiger partial charge in [-0.05, 0) is 54.3 Å². The van der Waals surface area contributed by atoms with Crippen molar-refractivity contribution in [2.75, 3.05) is 7.11 Å². The highest BCUT2D eigenvalue weighted by atomic mass is 16.5. The highest BCUT2D eigenvalue weighted by molar-refractivity contribution is 5.99. The average Bonchev–Trinajstić information content (AvgIpc) is 2.91. The topological polar surface area (TPSA) is 152 Å². The molecule has 0 spiro atoms. The molecule has 2 aromatic rings. The summed E-state index contributed by atoms with van der Waals surface area (Å²) in [6.45, 7) is 7.09. The number of nitrogens with one attached hydrogen (secondary N) is 2. The SMILES string of the molecule is CCC(CC)O[C@@H]1C=C(C(=O)O)C[C@H](N=C(N)NC(=O)[C@@H](C)c2ccc3cc(OC)ccc3c2)[C@H]1NC(C)=O. The highest BCUT2D eigenvalue weighted by Gasteiger charge is 2.37. The molecular formula is C29H38N4O6. The van der Waals surface area contributed by atoms with E-state index in [-0.39, 0.29) is 35.9 Å². The van der Waals surface area contributed by atoms with Crippen LogP contribution in [-0.2, 0) is 19.1 Å². The van der Waals surface area contributed by atoms with Crippen molar-refractivity contribution in [3.05, 3.63) is 53.6 Å². The van der Waals surface area contributed by atoms with Crippen LogP contribution in [0.1, 0.15) is 58.4 Å². The minimum Gasteiger partial charge on any atom is -0.497 e. The van der Waals surface area contributed by atoms with E-state index in [4.69, 9.17) is 15.2 Å². The van der Waals surface area contributed by atoms with E-state index in [0.29, 0.717) is 0 Å². The molecule has 0 aromatic heterocycles. The third-order valence-corrected chi connectivity index (χ3v) is 6.99. The summed E-state index contributed by atoms with van der Waals surface area (Å²) < 4.78 is 11.4. The molecular weight excluding hydrogens is 500 g/mol. The molecule has 39 heavy (non-hydrogen) atoms. The van der Waals surface area contributed by atoms with Crippen LogP contribution in [0.4, 0.5) is 0 Å². The van der Waals surface area contributed by atoms with E-state index in [2.05, 4.69) is 15.6 Å². The lowest BCUT2D eigenvalue weighted by atomic mass is 9.88. The van der Waals surface area contributed by atoms with Gasteiger partial charge in [0.1, 0.15) is 5.75 Å². The zero-order valence-corrected chi connectivity index (χ0v) is 23.1. The second kappa shape index (κ2) is 13.2. The van der Waals surface area contributed by atoms with E-state index < -0.39 is 30.1 Å². The first kappa shape index (κ1) is 29.6. The lowest BCUT2D eigenvalue weighted by molar-refractivity contribution is -0.133. The largest absolute Gasteiger partial charge is 0.497 e. The maximum absolute atomic E-state index is 13.1. The van der Waals surface area contributed by atoms with Crippen LogP contribution in [0.5, 0.6) is 5.75 Å². The fraction of sp³-hybridized carbons (Fsp3) is 0.448. The number of aliphatic imine (C=N–C) groups is 1. The van der Waals surface area contributed by atoms with E-state index in [9.17, 15) is 19.5 Å². The third-order valence-electron chi connectivity index (χ3n) is 6.99. The molecule has 3 rings (SSSR count). The van der Waals surface area contributed by atoms with Crippen LogP contribution in [0.25, 0.3) is 10.8 Å². The second-order valence-corrected chi connectivity index (χ2v) is 9.73. The van der Waals surface area contributed by atoms with Gasteiger partial charge in [0.15, 0.2) is 5.96 Å². The Balaban J connectivity index is 1.82. The van der Waals surface area contributed by atoms with Crippen LogP contribution in [0.2, 0.25) is 0 Å². The number of methoxy groups -OCH3 is 1. The minimum atomic E-state index is -1.10. The Morgan fingerprint density at radius 3 is 2.41 bits per heavy atom. The van der Waals surface area contributed by atoms with E-state index in [1.54, 1.807) is 14.0 Å². The smallest absolute Gasteiger partial charge is 0.331 e. The molecule has 2 aromatic carbocycles. The molecule has 1 aliphatic rings. The van der Waals surface area contributed by atoms with Crippen molar-refractivity contribution in [3.8, 4) is 5.75 Å². The molecule has 2 amide bonds. The summed E-state index contributed by atoms with van der Waals surface area (Å²) in [5.41, 5.74) is 7.05. The molecule has 10 heteroatoms. The average molecular weight is 539 g/mol. The number of carbonyl (C=O) groups is 3. The number of nitrogens with zero attached hydrogens (tertiary/aromatic N) is 1. The normalized spacial score (nSPS) is 20.3. The maximum atomic E-state index is 13.1. The zero-order chi connectivity index (χ0) is 28.7. The quantitative estimate of drug-likeness (QED) is 0.268. The summed E-state index contributed by atoms with van der Waals surface area (Å²) in [6.07, 6.45) is 2.15. The van der Waals surface area contributed by atoms with Gasteiger partial charge in [-0.3, -0.25) is 14.9 Å². The number of carboxylic acids is 1. The monoisotopic (exact) mass is 538 g/mol. The fourth-order valence-electron chi connectivity index (χ4n) is 4.70. The number of carbonyl (C=O) groups excluding carboxylic acids is 2. The number of carboxylic acid groups (broad SMARTS) is 1. The molecule has 0 saturated heterocycles. The van der Waals surface area contributed by atoms with Crippen molar-refractivity contribution >= 4 is 34.5 Å². The van der Waals surface area contributed by atoms with Crippen molar-refractivity contribution in [1.29, 1.82) is 0 Å². The maximum Gasteiger partial charge on any atom is 0.331 e. The van der Waals surface area contributed by atoms with Crippen LogP contribution < -0.4 is 21.1 Å². The molecule has 0 radical (unpaired) electrons. The van der Waals surface area contributed by atoms with Crippen LogP contribution in [-0.4, -0.2) is 60.3 Å². The Bertz CT molecular complexity index is 1270. The summed E-state index contributed by atoms with van der Waals surface area (Å²) in [5.74, 6) is -1.72. The summed E-state index contributed by atoms with van der Waals surface area (Å²) in [4.78, 5) is 41.4. The zero-order valence-electron chi connectivity index (χ0n) is 23.1. The first-order chi connectivity index (χ1) is 18.6. The van der Waals surface area contributed by atoms with E-state index in [1.165, 1.54) is 13.0 Å². The molecule has 0 saturated carbocycles. The lowest BCUT2D eigenvalue weighted by Crippen LogP contribution is -2.54. The molecule has 0 unspecified atom stereocenters. The molecule has 0 heterocycles. The number of guanidine groups is 1. The summed E-state index contributed by atoms with van der Waals surface area (Å²) >= 11 is 0. The van der Waals surface area contributed by atoms with Crippen LogP contribution in [0.15, 0.2) is 53.0 Å². The first-order valence-corrected chi connectivity index (χ1v) is 13.1. The van der Waals surface area contributed by atoms with E-state index in [0.717, 1.165) is 34.9 Å². The summed E-state index contributed by atoms with van der Waals surface area (Å²) in [7, 11) is 1.61. The van der Waals surface area contributed by atoms with Gasteiger partial charge in [-0.2, -0.15) is 0 Å². The number of hydrogen-bond acceptors (Lipinski definition) is 6. The molecule has 210 valence electrons. The fourth-order valence-corrected chi connectivity index (χ4v) is 4.70. The third kappa shape index (κ3) is 7.57. The predicted molar refractivity (Wildman–Crippen MR) is 150 cm³/mol. The Kier molecular flexibility index (Phi) is 10.1. The van der Waals surface area contributed by atoms with E-state index in [1.807, 2.05) is 50.2 Å². The predicted octanol–water partition coefficient (Wildman–Crippen LogP) is 3.24. The van der Waals surface area contributed by atoms with Gasteiger partial charge in [0.2, 0.25) is 11.8 Å². The number of hydrogen-bond donors (Lipinski definition) is 4. The molecule has 1 aliphatic carbocycles. The number of benzene rings is 2. The highest BCUT2D eigenvalue weighted by Crippen LogP contribution is 2.27. The first-order valence-electron chi connectivity index (χ1n) is 13.1. The number of nitrogens with two attached hydrogens (primary N) is 1. The lowest BCUT2D eigenvalue weighted by Gasteiger charge is -2.36. The molecule has 5 N–H and O–H groups in total. The van der Waals surface area contributed by atoms with Crippen molar-refractivity contribution in [2.24, 2.45) is 10.7 Å². The van der Waals surface area contributed by atoms with Gasteiger partial charge in [0.25, 0.3) is 0 Å². The van der Waals surface area contributed by atoms with Gasteiger partial charge < -0.3 is 25.6 Å². The standard InChI is InChI=1S/C29H38N4O6/c1-6-22(7-2)39-25-15-21(28(36)37)14-24(26(25)31-17(4)34)32-29(30)33-27(35)16(3)18-8-9-20-13-23(38-5)11-10-19(20)12-18/h8-13,15-16,22,24-26H,6-7,14H2,1-5H3,(H,31,34)(H,36,37)(H3,30,32,33,35)/t16-,24-,25+,26+/m0/s1. The summed E-state index contributed by atoms with van der Waals surface area (Å²) in [6, 6.07) is 10.0. The van der Waals surface area contributed by atoms with Gasteiger partial charge in [-0.15, -0.1) is 0 Å². The van der Waals surface area contributed by atoms with Crippen molar-refractivity contribution < 1.29 is 29.0 Å². The van der Waals surface area contributed by atoms with Crippen LogP contribution >= 0.6 is 0 Å². The minimum absolute atomic E-state index is 0.0172. The molecule has 4 atom stereocenters. The molecule has 10 nitrogen and oxygen atoms in total. The number of amides is 2. The molecule has 0 bridgehead atoms. The van der Waals surface area contributed by atoms with E-state index >= 15 is 0 Å². The van der Waals surface area contributed by atoms with Gasteiger partial charge in [0.05, 0.1) is 37.3 Å². The van der Waals surface area contributed by atoms with Gasteiger partial charge in [-0.1, -0.05) is 38.1 Å². The summed E-state index contributed by atoms with van der Waals surface area (Å²) in [5, 5.41) is 17.1. The van der Waals surface area contributed by atoms with Crippen molar-refractivity contribution in [1.82, 2.24) is 10.6 Å². The Labute approximate surface area is 228 Å². The number of fused-ring (bicyclic) bond motifs is 1. The number of ether oxygens (including phenoxy) is 2. The molecule has 0 fully saturated rings. The second-order valence-electron chi connectivity index (χ2n) is 9.73. The Hall–Kier alpha value is -3.92. The van der Waals surface area contributed by atoms with Gasteiger partial charge >= 0.3 is 5.97 Å². The number of rotatable bonds is 10. The van der Waals surface area contributed by atoms with Crippen molar-refractivity contribution in [2.45, 2.75) is 77.2 Å². The van der Waals surface area contributed by atoms with Gasteiger partial charge in [-0.25, -0.2) is 9.79 Å². The number of aliphatic carboxylic acids is 1. The van der Waals surface area contributed by atoms with Crippen LogP contribution in [0, 0.1) is 0 Å².